The SMILES string of the molecule is C=CCN1CC(C)(CCC#N)C(O)CC1C. The van der Waals surface area contributed by atoms with Gasteiger partial charge in [0.15, 0.2) is 0 Å². The van der Waals surface area contributed by atoms with E-state index in [4.69, 9.17) is 5.26 Å². The highest BCUT2D eigenvalue weighted by Gasteiger charge is 2.40. The van der Waals surface area contributed by atoms with Gasteiger partial charge < -0.3 is 5.11 Å². The van der Waals surface area contributed by atoms with Crippen LogP contribution in [0.5, 0.6) is 0 Å². The largest absolute Gasteiger partial charge is 0.392 e. The Morgan fingerprint density at radius 2 is 2.38 bits per heavy atom. The van der Waals surface area contributed by atoms with E-state index in [1.54, 1.807) is 0 Å². The molecule has 0 bridgehead atoms. The number of nitriles is 1. The maximum atomic E-state index is 10.1. The number of rotatable bonds is 4. The van der Waals surface area contributed by atoms with Crippen LogP contribution in [0.15, 0.2) is 12.7 Å². The second-order valence-corrected chi connectivity index (χ2v) is 5.13. The van der Waals surface area contributed by atoms with Gasteiger partial charge in [-0.2, -0.15) is 5.26 Å². The summed E-state index contributed by atoms with van der Waals surface area (Å²) >= 11 is 0. The van der Waals surface area contributed by atoms with E-state index in [2.05, 4.69) is 31.4 Å². The molecule has 1 saturated heterocycles. The molecule has 1 fully saturated rings. The second-order valence-electron chi connectivity index (χ2n) is 5.13. The molecule has 0 saturated carbocycles. The average molecular weight is 222 g/mol. The van der Waals surface area contributed by atoms with Crippen molar-refractivity contribution in [3.8, 4) is 6.07 Å². The fourth-order valence-corrected chi connectivity index (χ4v) is 2.48. The number of aliphatic hydroxyl groups excluding tert-OH is 1. The van der Waals surface area contributed by atoms with Gasteiger partial charge in [0.1, 0.15) is 0 Å². The van der Waals surface area contributed by atoms with Crippen molar-refractivity contribution in [1.82, 2.24) is 4.90 Å². The molecule has 3 nitrogen and oxygen atoms in total. The molecule has 3 unspecified atom stereocenters. The van der Waals surface area contributed by atoms with Crippen molar-refractivity contribution in [3.05, 3.63) is 12.7 Å². The summed E-state index contributed by atoms with van der Waals surface area (Å²) in [6, 6.07) is 2.56. The first kappa shape index (κ1) is 13.2. The lowest BCUT2D eigenvalue weighted by molar-refractivity contribution is -0.0578. The lowest BCUT2D eigenvalue weighted by Gasteiger charge is -2.47. The zero-order chi connectivity index (χ0) is 12.2. The maximum Gasteiger partial charge on any atom is 0.0621 e. The molecule has 0 aliphatic carbocycles. The Morgan fingerprint density at radius 1 is 1.69 bits per heavy atom. The van der Waals surface area contributed by atoms with Gasteiger partial charge in [0.2, 0.25) is 0 Å². The van der Waals surface area contributed by atoms with Gasteiger partial charge in [-0.15, -0.1) is 6.58 Å². The van der Waals surface area contributed by atoms with Gasteiger partial charge in [0, 0.05) is 31.0 Å². The Morgan fingerprint density at radius 3 is 2.94 bits per heavy atom. The summed E-state index contributed by atoms with van der Waals surface area (Å²) in [5.41, 5.74) is -0.148. The molecule has 0 aromatic heterocycles. The normalized spacial score (nSPS) is 35.6. The van der Waals surface area contributed by atoms with Crippen LogP contribution in [-0.2, 0) is 0 Å². The Bertz CT molecular complexity index is 284. The molecular weight excluding hydrogens is 200 g/mol. The maximum absolute atomic E-state index is 10.1. The van der Waals surface area contributed by atoms with Gasteiger partial charge in [-0.1, -0.05) is 13.0 Å². The van der Waals surface area contributed by atoms with E-state index in [-0.39, 0.29) is 11.5 Å². The van der Waals surface area contributed by atoms with Gasteiger partial charge >= 0.3 is 0 Å². The standard InChI is InChI=1S/C13H22N2O/c1-4-8-15-10-13(3,6-5-7-14)12(16)9-11(15)2/h4,11-12,16H,1,5-6,8-10H2,2-3H3. The molecule has 1 N–H and O–H groups in total. The molecule has 0 aromatic rings. The molecule has 1 aliphatic heterocycles. The van der Waals surface area contributed by atoms with Crippen molar-refractivity contribution in [2.75, 3.05) is 13.1 Å². The van der Waals surface area contributed by atoms with Crippen LogP contribution in [0.3, 0.4) is 0 Å². The van der Waals surface area contributed by atoms with E-state index in [1.165, 1.54) is 0 Å². The third-order valence-electron chi connectivity index (χ3n) is 3.73. The number of likely N-dealkylation sites (tertiary alicyclic amines) is 1. The number of nitrogens with zero attached hydrogens (tertiary/aromatic N) is 2. The topological polar surface area (TPSA) is 47.3 Å². The lowest BCUT2D eigenvalue weighted by atomic mass is 9.74. The molecule has 1 rings (SSSR count). The highest BCUT2D eigenvalue weighted by atomic mass is 16.3. The summed E-state index contributed by atoms with van der Waals surface area (Å²) in [4.78, 5) is 2.33. The van der Waals surface area contributed by atoms with Crippen LogP contribution in [-0.4, -0.2) is 35.2 Å². The van der Waals surface area contributed by atoms with Crippen molar-refractivity contribution >= 4 is 0 Å². The van der Waals surface area contributed by atoms with Gasteiger partial charge in [-0.05, 0) is 19.8 Å². The van der Waals surface area contributed by atoms with E-state index >= 15 is 0 Å². The summed E-state index contributed by atoms with van der Waals surface area (Å²) in [6.07, 6.45) is 3.68. The summed E-state index contributed by atoms with van der Waals surface area (Å²) < 4.78 is 0. The molecule has 3 atom stereocenters. The highest BCUT2D eigenvalue weighted by molar-refractivity contribution is 4.96. The van der Waals surface area contributed by atoms with Crippen LogP contribution in [0.4, 0.5) is 0 Å². The fraction of sp³-hybridized carbons (Fsp3) is 0.769. The Hall–Kier alpha value is -0.850. The average Bonchev–Trinajstić information content (AvgIpc) is 2.24. The minimum atomic E-state index is -0.295. The van der Waals surface area contributed by atoms with E-state index in [1.807, 2.05) is 6.08 Å². The first-order valence-electron chi connectivity index (χ1n) is 5.93. The minimum Gasteiger partial charge on any atom is -0.392 e. The van der Waals surface area contributed by atoms with Gasteiger partial charge in [0.05, 0.1) is 12.2 Å². The van der Waals surface area contributed by atoms with Crippen LogP contribution >= 0.6 is 0 Å². The Kier molecular flexibility index (Phi) is 4.52. The third kappa shape index (κ3) is 2.84. The summed E-state index contributed by atoms with van der Waals surface area (Å²) in [6.45, 7) is 9.68. The van der Waals surface area contributed by atoms with Crippen molar-refractivity contribution < 1.29 is 5.11 Å². The molecule has 3 heteroatoms. The highest BCUT2D eigenvalue weighted by Crippen LogP contribution is 2.36. The number of hydrogen-bond donors (Lipinski definition) is 1. The minimum absolute atomic E-state index is 0.148. The second kappa shape index (κ2) is 5.47. The van der Waals surface area contributed by atoms with Crippen molar-refractivity contribution in [3.63, 3.8) is 0 Å². The molecule has 90 valence electrons. The smallest absolute Gasteiger partial charge is 0.0621 e. The van der Waals surface area contributed by atoms with Crippen LogP contribution in [0, 0.1) is 16.7 Å². The summed E-state index contributed by atoms with van der Waals surface area (Å²) in [7, 11) is 0. The first-order chi connectivity index (χ1) is 7.53. The van der Waals surface area contributed by atoms with E-state index in [0.29, 0.717) is 12.5 Å². The zero-order valence-corrected chi connectivity index (χ0v) is 10.3. The van der Waals surface area contributed by atoms with Crippen LogP contribution in [0.1, 0.15) is 33.1 Å². The molecule has 0 amide bonds. The number of piperidine rings is 1. The van der Waals surface area contributed by atoms with Crippen LogP contribution in [0.25, 0.3) is 0 Å². The van der Waals surface area contributed by atoms with Gasteiger partial charge in [-0.3, -0.25) is 4.90 Å². The summed E-state index contributed by atoms with van der Waals surface area (Å²) in [5.74, 6) is 0. The van der Waals surface area contributed by atoms with E-state index in [0.717, 1.165) is 25.9 Å². The van der Waals surface area contributed by atoms with Gasteiger partial charge in [-0.25, -0.2) is 0 Å². The summed E-state index contributed by atoms with van der Waals surface area (Å²) in [5, 5.41) is 18.8. The van der Waals surface area contributed by atoms with E-state index in [9.17, 15) is 5.11 Å². The molecule has 16 heavy (non-hydrogen) atoms. The monoisotopic (exact) mass is 222 g/mol. The molecule has 0 radical (unpaired) electrons. The quantitative estimate of drug-likeness (QED) is 0.739. The van der Waals surface area contributed by atoms with Crippen molar-refractivity contribution in [2.45, 2.75) is 45.3 Å². The van der Waals surface area contributed by atoms with Crippen molar-refractivity contribution in [2.24, 2.45) is 5.41 Å². The number of hydrogen-bond acceptors (Lipinski definition) is 3. The zero-order valence-electron chi connectivity index (χ0n) is 10.3. The number of aliphatic hydroxyl groups is 1. The van der Waals surface area contributed by atoms with Crippen molar-refractivity contribution in [1.29, 1.82) is 5.26 Å². The molecule has 0 spiro atoms. The predicted octanol–water partition coefficient (Wildman–Crippen LogP) is 1.94. The third-order valence-corrected chi connectivity index (χ3v) is 3.73. The van der Waals surface area contributed by atoms with Crippen LogP contribution < -0.4 is 0 Å². The van der Waals surface area contributed by atoms with E-state index < -0.39 is 0 Å². The molecular formula is C13H22N2O. The Balaban J connectivity index is 2.69. The lowest BCUT2D eigenvalue weighted by Crippen LogP contribution is -2.53. The molecule has 1 heterocycles. The Labute approximate surface area is 98.4 Å². The molecule has 1 aliphatic rings. The van der Waals surface area contributed by atoms with Crippen LogP contribution in [0.2, 0.25) is 0 Å². The first-order valence-corrected chi connectivity index (χ1v) is 5.93. The van der Waals surface area contributed by atoms with Gasteiger partial charge in [0.25, 0.3) is 0 Å². The predicted molar refractivity (Wildman–Crippen MR) is 64.8 cm³/mol. The molecule has 0 aromatic carbocycles. The fourth-order valence-electron chi connectivity index (χ4n) is 2.48.